The molecule has 2 aromatic carbocycles. The molecule has 11 heteroatoms. The number of halogens is 4. The first-order valence-corrected chi connectivity index (χ1v) is 11.2. The van der Waals surface area contributed by atoms with E-state index in [1.54, 1.807) is 17.1 Å². The SMILES string of the molecule is N=C(N)N1CCC[C@H]1c1nc(-c2ccc(OC/C=C/c3cccc(Br)c3)c(C(F)(F)F)c2)no1. The lowest BCUT2D eigenvalue weighted by Crippen LogP contribution is -2.35. The van der Waals surface area contributed by atoms with Crippen molar-refractivity contribution in [1.29, 1.82) is 5.41 Å². The molecular formula is C23H21BrF3N5O2. The van der Waals surface area contributed by atoms with Crippen LogP contribution in [0, 0.1) is 5.41 Å². The summed E-state index contributed by atoms with van der Waals surface area (Å²) in [4.78, 5) is 5.89. The summed E-state index contributed by atoms with van der Waals surface area (Å²) in [5.74, 6) is -0.166. The topological polar surface area (TPSA) is 101 Å². The highest BCUT2D eigenvalue weighted by atomic mass is 79.9. The molecule has 1 aliphatic heterocycles. The molecule has 3 aromatic rings. The van der Waals surface area contributed by atoms with Gasteiger partial charge in [-0.25, -0.2) is 0 Å². The molecule has 3 N–H and O–H groups in total. The van der Waals surface area contributed by atoms with Crippen LogP contribution in [0.2, 0.25) is 0 Å². The van der Waals surface area contributed by atoms with Crippen molar-refractivity contribution in [3.05, 3.63) is 70.0 Å². The number of ether oxygens (including phenoxy) is 1. The van der Waals surface area contributed by atoms with Gasteiger partial charge < -0.3 is 19.9 Å². The molecule has 178 valence electrons. The fourth-order valence-corrected chi connectivity index (χ4v) is 4.17. The van der Waals surface area contributed by atoms with Crippen molar-refractivity contribution in [2.75, 3.05) is 13.2 Å². The van der Waals surface area contributed by atoms with Crippen LogP contribution in [0.4, 0.5) is 13.2 Å². The normalized spacial score (nSPS) is 16.4. The van der Waals surface area contributed by atoms with E-state index >= 15 is 0 Å². The molecule has 0 bridgehead atoms. The van der Waals surface area contributed by atoms with Crippen LogP contribution in [-0.4, -0.2) is 34.2 Å². The van der Waals surface area contributed by atoms with Gasteiger partial charge in [0.25, 0.3) is 0 Å². The smallest absolute Gasteiger partial charge is 0.419 e. The van der Waals surface area contributed by atoms with Crippen LogP contribution in [0.5, 0.6) is 5.75 Å². The first-order chi connectivity index (χ1) is 16.2. The number of hydrogen-bond acceptors (Lipinski definition) is 5. The molecule has 1 aliphatic rings. The zero-order valence-corrected chi connectivity index (χ0v) is 19.4. The van der Waals surface area contributed by atoms with Gasteiger partial charge in [-0.15, -0.1) is 0 Å². The number of rotatable bonds is 6. The minimum atomic E-state index is -4.64. The molecule has 7 nitrogen and oxygen atoms in total. The highest BCUT2D eigenvalue weighted by molar-refractivity contribution is 9.10. The van der Waals surface area contributed by atoms with Gasteiger partial charge in [0.1, 0.15) is 18.4 Å². The molecule has 0 aliphatic carbocycles. The zero-order valence-electron chi connectivity index (χ0n) is 17.8. The second-order valence-electron chi connectivity index (χ2n) is 7.67. The number of nitrogens with one attached hydrogen (secondary N) is 1. The third kappa shape index (κ3) is 5.41. The van der Waals surface area contributed by atoms with Crippen LogP contribution in [0.15, 0.2) is 57.5 Å². The lowest BCUT2D eigenvalue weighted by atomic mass is 10.1. The average Bonchev–Trinajstić information content (AvgIpc) is 3.46. The van der Waals surface area contributed by atoms with Crippen LogP contribution in [0.1, 0.15) is 35.9 Å². The predicted octanol–water partition coefficient (Wildman–Crippen LogP) is 5.64. The molecule has 0 radical (unpaired) electrons. The fourth-order valence-electron chi connectivity index (χ4n) is 3.75. The summed E-state index contributed by atoms with van der Waals surface area (Å²) in [7, 11) is 0. The summed E-state index contributed by atoms with van der Waals surface area (Å²) < 4.78 is 52.8. The van der Waals surface area contributed by atoms with Crippen molar-refractivity contribution in [3.8, 4) is 17.1 Å². The molecule has 34 heavy (non-hydrogen) atoms. The van der Waals surface area contributed by atoms with E-state index in [0.717, 1.165) is 22.5 Å². The van der Waals surface area contributed by atoms with E-state index in [1.807, 2.05) is 24.3 Å². The molecule has 1 fully saturated rings. The molecule has 1 atom stereocenters. The molecule has 1 saturated heterocycles. The highest BCUT2D eigenvalue weighted by Gasteiger charge is 2.36. The first kappa shape index (κ1) is 23.8. The van der Waals surface area contributed by atoms with Crippen molar-refractivity contribution in [2.45, 2.75) is 25.1 Å². The Balaban J connectivity index is 1.52. The number of aromatic nitrogens is 2. The Morgan fingerprint density at radius 2 is 2.12 bits per heavy atom. The van der Waals surface area contributed by atoms with Crippen LogP contribution in [-0.2, 0) is 6.18 Å². The largest absolute Gasteiger partial charge is 0.489 e. The second kappa shape index (κ2) is 9.88. The lowest BCUT2D eigenvalue weighted by Gasteiger charge is -2.21. The number of benzene rings is 2. The van der Waals surface area contributed by atoms with Crippen molar-refractivity contribution in [3.63, 3.8) is 0 Å². The summed E-state index contributed by atoms with van der Waals surface area (Å²) in [6.45, 7) is 0.543. The number of likely N-dealkylation sites (tertiary alicyclic amines) is 1. The molecule has 4 rings (SSSR count). The van der Waals surface area contributed by atoms with Gasteiger partial charge in [0, 0.05) is 16.6 Å². The van der Waals surface area contributed by atoms with E-state index in [1.165, 1.54) is 12.1 Å². The van der Waals surface area contributed by atoms with Gasteiger partial charge in [-0.05, 0) is 54.8 Å². The molecule has 2 heterocycles. The number of alkyl halides is 3. The molecule has 1 aromatic heterocycles. The third-order valence-corrected chi connectivity index (χ3v) is 5.82. The molecular weight excluding hydrogens is 515 g/mol. The van der Waals surface area contributed by atoms with E-state index in [2.05, 4.69) is 26.1 Å². The molecule has 0 unspecified atom stereocenters. The molecule has 0 spiro atoms. The van der Waals surface area contributed by atoms with Crippen molar-refractivity contribution in [2.24, 2.45) is 5.73 Å². The maximum atomic E-state index is 13.7. The Morgan fingerprint density at radius 3 is 2.85 bits per heavy atom. The summed E-state index contributed by atoms with van der Waals surface area (Å²) in [6.07, 6.45) is 0.227. The van der Waals surface area contributed by atoms with E-state index in [0.29, 0.717) is 13.0 Å². The quantitative estimate of drug-likeness (QED) is 0.313. The lowest BCUT2D eigenvalue weighted by molar-refractivity contribution is -0.138. The highest BCUT2D eigenvalue weighted by Crippen LogP contribution is 2.39. The number of hydrogen-bond donors (Lipinski definition) is 2. The summed E-state index contributed by atoms with van der Waals surface area (Å²) in [5, 5.41) is 11.5. The summed E-state index contributed by atoms with van der Waals surface area (Å²) in [5.41, 5.74) is 5.70. The van der Waals surface area contributed by atoms with Crippen LogP contribution < -0.4 is 10.5 Å². The minimum absolute atomic E-state index is 0.0250. The monoisotopic (exact) mass is 535 g/mol. The third-order valence-electron chi connectivity index (χ3n) is 5.33. The van der Waals surface area contributed by atoms with Gasteiger partial charge in [0.15, 0.2) is 5.96 Å². The number of guanidine groups is 1. The minimum Gasteiger partial charge on any atom is -0.489 e. The van der Waals surface area contributed by atoms with E-state index < -0.39 is 11.7 Å². The fraction of sp³-hybridized carbons (Fsp3) is 0.261. The Hall–Kier alpha value is -3.34. The first-order valence-electron chi connectivity index (χ1n) is 10.4. The van der Waals surface area contributed by atoms with E-state index in [4.69, 9.17) is 20.4 Å². The van der Waals surface area contributed by atoms with Gasteiger partial charge in [-0.3, -0.25) is 5.41 Å². The Bertz CT molecular complexity index is 1210. The van der Waals surface area contributed by atoms with Crippen molar-refractivity contribution >= 4 is 28.0 Å². The Labute approximate surface area is 202 Å². The number of nitrogens with two attached hydrogens (primary N) is 1. The van der Waals surface area contributed by atoms with Gasteiger partial charge in [0.2, 0.25) is 11.7 Å². The summed E-state index contributed by atoms with van der Waals surface area (Å²) in [6, 6.07) is 10.8. The Morgan fingerprint density at radius 1 is 1.29 bits per heavy atom. The maximum Gasteiger partial charge on any atom is 0.419 e. The standard InChI is InChI=1S/C23H21BrF3N5O2/c24-16-6-1-4-14(12-16)5-3-11-33-19-9-8-15(13-17(19)23(25,26)27)20-30-21(34-31-20)18-7-2-10-32(18)22(28)29/h1,3-6,8-9,12-13,18H,2,7,10-11H2,(H3,28,29)/b5-3+/t18-/m0/s1. The van der Waals surface area contributed by atoms with Crippen LogP contribution in [0.25, 0.3) is 17.5 Å². The van der Waals surface area contributed by atoms with Crippen molar-refractivity contribution < 1.29 is 22.4 Å². The van der Waals surface area contributed by atoms with Crippen molar-refractivity contribution in [1.82, 2.24) is 15.0 Å². The average molecular weight is 536 g/mol. The van der Waals surface area contributed by atoms with Gasteiger partial charge in [-0.2, -0.15) is 18.2 Å². The second-order valence-corrected chi connectivity index (χ2v) is 8.59. The number of nitrogens with zero attached hydrogens (tertiary/aromatic N) is 3. The molecule has 0 saturated carbocycles. The molecule has 0 amide bonds. The van der Waals surface area contributed by atoms with Crippen LogP contribution >= 0.6 is 15.9 Å². The van der Waals surface area contributed by atoms with Gasteiger partial charge >= 0.3 is 6.18 Å². The van der Waals surface area contributed by atoms with Gasteiger partial charge in [0.05, 0.1) is 5.56 Å². The zero-order chi connectivity index (χ0) is 24.3. The van der Waals surface area contributed by atoms with E-state index in [9.17, 15) is 13.2 Å². The maximum absolute atomic E-state index is 13.7. The van der Waals surface area contributed by atoms with Crippen LogP contribution in [0.3, 0.4) is 0 Å². The van der Waals surface area contributed by atoms with E-state index in [-0.39, 0.29) is 41.6 Å². The predicted molar refractivity (Wildman–Crippen MR) is 124 cm³/mol. The summed E-state index contributed by atoms with van der Waals surface area (Å²) >= 11 is 3.37. The Kier molecular flexibility index (Phi) is 6.92. The van der Waals surface area contributed by atoms with Gasteiger partial charge in [-0.1, -0.05) is 39.3 Å².